The Kier molecular flexibility index (Phi) is 7.12. The lowest BCUT2D eigenvalue weighted by Gasteiger charge is -2.29. The van der Waals surface area contributed by atoms with Gasteiger partial charge in [-0.2, -0.15) is 11.8 Å². The highest BCUT2D eigenvalue weighted by Gasteiger charge is 2.26. The summed E-state index contributed by atoms with van der Waals surface area (Å²) in [6.07, 6.45) is 3.61. The SMILES string of the molecule is CCSC1CCCCN(C(C)C(=O)Nc2ccc(C(N)=O)cc2)C1. The molecule has 1 aliphatic rings. The minimum Gasteiger partial charge on any atom is -0.366 e. The Morgan fingerprint density at radius 1 is 1.33 bits per heavy atom. The van der Waals surface area contributed by atoms with Crippen molar-refractivity contribution >= 4 is 29.3 Å². The minimum absolute atomic E-state index is 0.0102. The van der Waals surface area contributed by atoms with Crippen LogP contribution in [0.2, 0.25) is 0 Å². The molecular formula is C18H27N3O2S. The van der Waals surface area contributed by atoms with Crippen LogP contribution < -0.4 is 11.1 Å². The summed E-state index contributed by atoms with van der Waals surface area (Å²) >= 11 is 1.99. The Labute approximate surface area is 148 Å². The van der Waals surface area contributed by atoms with Gasteiger partial charge in [0.2, 0.25) is 11.8 Å². The van der Waals surface area contributed by atoms with Gasteiger partial charge in [-0.15, -0.1) is 0 Å². The Morgan fingerprint density at radius 3 is 2.67 bits per heavy atom. The van der Waals surface area contributed by atoms with Gasteiger partial charge in [0.1, 0.15) is 0 Å². The van der Waals surface area contributed by atoms with Gasteiger partial charge < -0.3 is 11.1 Å². The zero-order valence-electron chi connectivity index (χ0n) is 14.5. The lowest BCUT2D eigenvalue weighted by molar-refractivity contribution is -0.120. The van der Waals surface area contributed by atoms with Crippen molar-refractivity contribution in [1.82, 2.24) is 4.90 Å². The number of rotatable bonds is 6. The van der Waals surface area contributed by atoms with E-state index in [1.165, 1.54) is 12.8 Å². The number of primary amides is 1. The smallest absolute Gasteiger partial charge is 0.248 e. The lowest BCUT2D eigenvalue weighted by atomic mass is 10.2. The second-order valence-corrected chi connectivity index (χ2v) is 7.75. The molecule has 0 aliphatic carbocycles. The van der Waals surface area contributed by atoms with Gasteiger partial charge in [-0.25, -0.2) is 0 Å². The summed E-state index contributed by atoms with van der Waals surface area (Å²) in [7, 11) is 0. The molecule has 1 aliphatic heterocycles. The van der Waals surface area contributed by atoms with Crippen LogP contribution in [0.3, 0.4) is 0 Å². The Balaban J connectivity index is 1.96. The fraction of sp³-hybridized carbons (Fsp3) is 0.556. The van der Waals surface area contributed by atoms with Crippen LogP contribution in [0.15, 0.2) is 24.3 Å². The summed E-state index contributed by atoms with van der Waals surface area (Å²) in [6, 6.07) is 6.51. The first-order valence-electron chi connectivity index (χ1n) is 8.57. The summed E-state index contributed by atoms with van der Waals surface area (Å²) in [4.78, 5) is 25.9. The number of nitrogens with two attached hydrogens (primary N) is 1. The van der Waals surface area contributed by atoms with E-state index in [0.717, 1.165) is 25.3 Å². The normalized spacial score (nSPS) is 20.2. The Bertz CT molecular complexity index is 562. The van der Waals surface area contributed by atoms with Crippen molar-refractivity contribution in [2.45, 2.75) is 44.4 Å². The molecule has 1 aromatic carbocycles. The maximum Gasteiger partial charge on any atom is 0.248 e. The van der Waals surface area contributed by atoms with Crippen molar-refractivity contribution in [2.75, 3.05) is 24.2 Å². The fourth-order valence-corrected chi connectivity index (χ4v) is 4.09. The molecule has 2 unspecified atom stereocenters. The monoisotopic (exact) mass is 349 g/mol. The summed E-state index contributed by atoms with van der Waals surface area (Å²) in [5, 5.41) is 3.55. The third kappa shape index (κ3) is 5.24. The van der Waals surface area contributed by atoms with Crippen molar-refractivity contribution in [3.63, 3.8) is 0 Å². The van der Waals surface area contributed by atoms with Crippen LogP contribution in [0.4, 0.5) is 5.69 Å². The second-order valence-electron chi connectivity index (χ2n) is 6.17. The first kappa shape index (κ1) is 18.8. The molecule has 0 radical (unpaired) electrons. The second kappa shape index (κ2) is 9.08. The molecule has 6 heteroatoms. The number of benzene rings is 1. The van der Waals surface area contributed by atoms with Crippen LogP contribution in [0.5, 0.6) is 0 Å². The summed E-state index contributed by atoms with van der Waals surface area (Å²) < 4.78 is 0. The molecule has 2 rings (SSSR count). The standard InChI is InChI=1S/C18H27N3O2S/c1-3-24-16-6-4-5-11-21(12-16)13(2)18(23)20-15-9-7-14(8-10-15)17(19)22/h7-10,13,16H,3-6,11-12H2,1-2H3,(H2,19,22)(H,20,23). The van der Waals surface area contributed by atoms with Gasteiger partial charge in [-0.1, -0.05) is 13.3 Å². The molecule has 3 N–H and O–H groups in total. The summed E-state index contributed by atoms with van der Waals surface area (Å²) in [5.41, 5.74) is 6.35. The highest BCUT2D eigenvalue weighted by atomic mass is 32.2. The van der Waals surface area contributed by atoms with Crippen molar-refractivity contribution in [3.8, 4) is 0 Å². The van der Waals surface area contributed by atoms with E-state index in [-0.39, 0.29) is 11.9 Å². The van der Waals surface area contributed by atoms with Gasteiger partial charge >= 0.3 is 0 Å². The predicted octanol–water partition coefficient (Wildman–Crippen LogP) is 2.72. The fourth-order valence-electron chi connectivity index (χ4n) is 2.98. The van der Waals surface area contributed by atoms with Crippen LogP contribution in [0.1, 0.15) is 43.5 Å². The van der Waals surface area contributed by atoms with Crippen LogP contribution >= 0.6 is 11.8 Å². The maximum atomic E-state index is 12.6. The van der Waals surface area contributed by atoms with Crippen LogP contribution in [0.25, 0.3) is 0 Å². The first-order valence-corrected chi connectivity index (χ1v) is 9.62. The van der Waals surface area contributed by atoms with E-state index >= 15 is 0 Å². The van der Waals surface area contributed by atoms with E-state index in [1.807, 2.05) is 18.7 Å². The van der Waals surface area contributed by atoms with E-state index in [1.54, 1.807) is 24.3 Å². The third-order valence-electron chi connectivity index (χ3n) is 4.43. The van der Waals surface area contributed by atoms with E-state index < -0.39 is 5.91 Å². The molecule has 1 aromatic rings. The van der Waals surface area contributed by atoms with Gasteiger partial charge in [0.15, 0.2) is 0 Å². The summed E-state index contributed by atoms with van der Waals surface area (Å²) in [5.74, 6) is 0.639. The number of thioether (sulfide) groups is 1. The molecule has 1 heterocycles. The molecule has 0 saturated carbocycles. The molecule has 24 heavy (non-hydrogen) atoms. The van der Waals surface area contributed by atoms with Crippen molar-refractivity contribution in [2.24, 2.45) is 5.73 Å². The highest BCUT2D eigenvalue weighted by Crippen LogP contribution is 2.23. The van der Waals surface area contributed by atoms with Gasteiger partial charge in [-0.05, 0) is 56.3 Å². The molecule has 0 spiro atoms. The highest BCUT2D eigenvalue weighted by molar-refractivity contribution is 7.99. The Hall–Kier alpha value is -1.53. The van der Waals surface area contributed by atoms with E-state index in [4.69, 9.17) is 5.73 Å². The summed E-state index contributed by atoms with van der Waals surface area (Å²) in [6.45, 7) is 6.08. The first-order chi connectivity index (χ1) is 11.5. The van der Waals surface area contributed by atoms with E-state index in [2.05, 4.69) is 17.1 Å². The number of anilines is 1. The van der Waals surface area contributed by atoms with Gasteiger partial charge in [0, 0.05) is 23.0 Å². The van der Waals surface area contributed by atoms with Gasteiger partial charge in [0.05, 0.1) is 6.04 Å². The Morgan fingerprint density at radius 2 is 2.04 bits per heavy atom. The average molecular weight is 350 g/mol. The number of hydrogen-bond donors (Lipinski definition) is 2. The topological polar surface area (TPSA) is 75.4 Å². The zero-order chi connectivity index (χ0) is 17.5. The minimum atomic E-state index is -0.467. The largest absolute Gasteiger partial charge is 0.366 e. The number of carbonyl (C=O) groups is 2. The number of hydrogen-bond acceptors (Lipinski definition) is 4. The quantitative estimate of drug-likeness (QED) is 0.828. The molecule has 132 valence electrons. The molecule has 2 amide bonds. The number of amides is 2. The number of nitrogens with one attached hydrogen (secondary N) is 1. The van der Waals surface area contributed by atoms with E-state index in [9.17, 15) is 9.59 Å². The third-order valence-corrected chi connectivity index (χ3v) is 5.62. The van der Waals surface area contributed by atoms with Crippen molar-refractivity contribution in [3.05, 3.63) is 29.8 Å². The van der Waals surface area contributed by atoms with E-state index in [0.29, 0.717) is 16.5 Å². The van der Waals surface area contributed by atoms with Crippen molar-refractivity contribution < 1.29 is 9.59 Å². The molecule has 2 atom stereocenters. The van der Waals surface area contributed by atoms with Crippen molar-refractivity contribution in [1.29, 1.82) is 0 Å². The zero-order valence-corrected chi connectivity index (χ0v) is 15.3. The molecule has 0 aromatic heterocycles. The van der Waals surface area contributed by atoms with Crippen LogP contribution in [-0.4, -0.2) is 46.8 Å². The predicted molar refractivity (Wildman–Crippen MR) is 100 cm³/mol. The number of nitrogens with zero attached hydrogens (tertiary/aromatic N) is 1. The number of likely N-dealkylation sites (tertiary alicyclic amines) is 1. The van der Waals surface area contributed by atoms with Gasteiger partial charge in [-0.3, -0.25) is 14.5 Å². The number of carbonyl (C=O) groups excluding carboxylic acids is 2. The molecule has 1 saturated heterocycles. The average Bonchev–Trinajstić information content (AvgIpc) is 2.80. The lowest BCUT2D eigenvalue weighted by Crippen LogP contribution is -2.44. The molecular weight excluding hydrogens is 322 g/mol. The van der Waals surface area contributed by atoms with Gasteiger partial charge in [0.25, 0.3) is 0 Å². The molecule has 5 nitrogen and oxygen atoms in total. The molecule has 0 bridgehead atoms. The van der Waals surface area contributed by atoms with Crippen LogP contribution in [-0.2, 0) is 4.79 Å². The molecule has 1 fully saturated rings. The maximum absolute atomic E-state index is 12.6. The van der Waals surface area contributed by atoms with Crippen LogP contribution in [0, 0.1) is 0 Å².